The first-order valence-corrected chi connectivity index (χ1v) is 11.6. The Morgan fingerprint density at radius 1 is 0.963 bits per heavy atom. The lowest BCUT2D eigenvalue weighted by molar-refractivity contribution is 0.320. The van der Waals surface area contributed by atoms with Gasteiger partial charge in [-0.2, -0.15) is 0 Å². The van der Waals surface area contributed by atoms with Gasteiger partial charge in [0.05, 0.1) is 10.9 Å². The van der Waals surface area contributed by atoms with Crippen molar-refractivity contribution in [2.24, 2.45) is 11.8 Å². The number of nitrogens with zero attached hydrogens (tertiary/aromatic N) is 1. The molecule has 0 bridgehead atoms. The Balaban J connectivity index is 2.23. The highest BCUT2D eigenvalue weighted by Gasteiger charge is 2.36. The molecule has 0 saturated heterocycles. The maximum Gasteiger partial charge on any atom is 0.264 e. The van der Waals surface area contributed by atoms with Gasteiger partial charge in [-0.05, 0) is 42.5 Å². The van der Waals surface area contributed by atoms with Gasteiger partial charge >= 0.3 is 0 Å². The average Bonchev–Trinajstić information content (AvgIpc) is 2.79. The molecular formula is C22H27NO2S2. The van der Waals surface area contributed by atoms with Crippen LogP contribution in [0, 0.1) is 18.8 Å². The van der Waals surface area contributed by atoms with E-state index in [0.717, 1.165) is 20.9 Å². The molecule has 1 heterocycles. The molecule has 0 saturated carbocycles. The van der Waals surface area contributed by atoms with Crippen molar-refractivity contribution in [3.8, 4) is 0 Å². The molecule has 0 aromatic heterocycles. The largest absolute Gasteiger partial charge is 0.265 e. The lowest BCUT2D eigenvalue weighted by Gasteiger charge is -2.33. The minimum absolute atomic E-state index is 0.134. The van der Waals surface area contributed by atoms with Crippen LogP contribution in [-0.4, -0.2) is 12.7 Å². The van der Waals surface area contributed by atoms with E-state index in [0.29, 0.717) is 4.90 Å². The summed E-state index contributed by atoms with van der Waals surface area (Å²) in [6.07, 6.45) is 1.86. The zero-order valence-electron chi connectivity index (χ0n) is 16.5. The summed E-state index contributed by atoms with van der Waals surface area (Å²) >= 11 is 1.68. The fourth-order valence-electron chi connectivity index (χ4n) is 3.28. The number of hydrogen-bond acceptors (Lipinski definition) is 3. The Morgan fingerprint density at radius 3 is 2.19 bits per heavy atom. The Labute approximate surface area is 167 Å². The molecule has 2 aromatic carbocycles. The summed E-state index contributed by atoms with van der Waals surface area (Å²) in [4.78, 5) is 2.53. The fraction of sp³-hybridized carbons (Fsp3) is 0.364. The number of thioether (sulfide) groups is 1. The van der Waals surface area contributed by atoms with E-state index in [1.165, 1.54) is 0 Å². The zero-order chi connectivity index (χ0) is 19.8. The minimum Gasteiger partial charge on any atom is -0.265 e. The number of aryl methyl sites for hydroxylation is 1. The van der Waals surface area contributed by atoms with Gasteiger partial charge in [-0.1, -0.05) is 75.4 Å². The van der Waals surface area contributed by atoms with Crippen LogP contribution in [0.2, 0.25) is 0 Å². The second-order valence-corrected chi connectivity index (χ2v) is 10.6. The van der Waals surface area contributed by atoms with Crippen LogP contribution in [-0.2, 0) is 10.0 Å². The van der Waals surface area contributed by atoms with Gasteiger partial charge in [-0.15, -0.1) is 0 Å². The number of allylic oxidation sites excluding steroid dienone is 1. The van der Waals surface area contributed by atoms with Gasteiger partial charge in [0, 0.05) is 16.0 Å². The maximum atomic E-state index is 13.6. The molecule has 0 fully saturated rings. The van der Waals surface area contributed by atoms with E-state index in [-0.39, 0.29) is 17.9 Å². The number of sulfonamides is 1. The predicted molar refractivity (Wildman–Crippen MR) is 113 cm³/mol. The topological polar surface area (TPSA) is 37.4 Å². The molecule has 5 heteroatoms. The summed E-state index contributed by atoms with van der Waals surface area (Å²) in [6.45, 7) is 10.3. The Morgan fingerprint density at radius 2 is 1.59 bits per heavy atom. The SMILES string of the molecule is Cc1ccc(S(=O)(=O)N2C=C(C(C)C)Sc3ccccc3[C@H]2C(C)C)cc1. The molecule has 0 aliphatic carbocycles. The van der Waals surface area contributed by atoms with Crippen molar-refractivity contribution >= 4 is 21.8 Å². The lowest BCUT2D eigenvalue weighted by atomic mass is 9.96. The van der Waals surface area contributed by atoms with Crippen molar-refractivity contribution in [1.82, 2.24) is 4.31 Å². The molecule has 1 aliphatic heterocycles. The normalized spacial score (nSPS) is 17.7. The molecule has 0 unspecified atom stereocenters. The average molecular weight is 402 g/mol. The molecule has 144 valence electrons. The molecule has 0 spiro atoms. The highest BCUT2D eigenvalue weighted by Crippen LogP contribution is 2.45. The summed E-state index contributed by atoms with van der Waals surface area (Å²) in [5.41, 5.74) is 2.12. The molecule has 0 N–H and O–H groups in total. The third-order valence-corrected chi connectivity index (χ3v) is 7.95. The van der Waals surface area contributed by atoms with Crippen LogP contribution >= 0.6 is 11.8 Å². The van der Waals surface area contributed by atoms with E-state index in [2.05, 4.69) is 39.8 Å². The van der Waals surface area contributed by atoms with Crippen molar-refractivity contribution in [3.63, 3.8) is 0 Å². The van der Waals surface area contributed by atoms with Crippen molar-refractivity contribution in [2.45, 2.75) is 50.5 Å². The van der Waals surface area contributed by atoms with Crippen LogP contribution in [0.1, 0.15) is 44.9 Å². The van der Waals surface area contributed by atoms with Crippen molar-refractivity contribution in [3.05, 3.63) is 70.8 Å². The molecule has 3 nitrogen and oxygen atoms in total. The van der Waals surface area contributed by atoms with Crippen molar-refractivity contribution in [1.29, 1.82) is 0 Å². The number of benzene rings is 2. The van der Waals surface area contributed by atoms with Crippen LogP contribution in [0.15, 0.2) is 69.4 Å². The molecule has 0 amide bonds. The quantitative estimate of drug-likeness (QED) is 0.632. The molecule has 1 atom stereocenters. The zero-order valence-corrected chi connectivity index (χ0v) is 18.1. The number of fused-ring (bicyclic) bond motifs is 1. The van der Waals surface area contributed by atoms with E-state index in [9.17, 15) is 8.42 Å². The highest BCUT2D eigenvalue weighted by molar-refractivity contribution is 8.03. The fourth-order valence-corrected chi connectivity index (χ4v) is 6.09. The predicted octanol–water partition coefficient (Wildman–Crippen LogP) is 5.99. The second-order valence-electron chi connectivity index (χ2n) is 7.66. The van der Waals surface area contributed by atoms with Crippen molar-refractivity contribution in [2.75, 3.05) is 0 Å². The van der Waals surface area contributed by atoms with Gasteiger partial charge in [0.15, 0.2) is 0 Å². The van der Waals surface area contributed by atoms with Crippen LogP contribution in [0.3, 0.4) is 0 Å². The summed E-state index contributed by atoms with van der Waals surface area (Å²) in [6, 6.07) is 15.0. The van der Waals surface area contributed by atoms with E-state index >= 15 is 0 Å². The summed E-state index contributed by atoms with van der Waals surface area (Å²) < 4.78 is 28.8. The lowest BCUT2D eigenvalue weighted by Crippen LogP contribution is -2.33. The van der Waals surface area contributed by atoms with E-state index < -0.39 is 10.0 Å². The highest BCUT2D eigenvalue weighted by atomic mass is 32.2. The molecule has 27 heavy (non-hydrogen) atoms. The van der Waals surface area contributed by atoms with E-state index in [1.54, 1.807) is 28.2 Å². The summed E-state index contributed by atoms with van der Waals surface area (Å²) in [7, 11) is -3.66. The first kappa shape index (κ1) is 20.0. The summed E-state index contributed by atoms with van der Waals surface area (Å²) in [5, 5.41) is 0. The number of hydrogen-bond donors (Lipinski definition) is 0. The first-order chi connectivity index (χ1) is 12.7. The molecular weight excluding hydrogens is 374 g/mol. The van der Waals surface area contributed by atoms with E-state index in [4.69, 9.17) is 0 Å². The smallest absolute Gasteiger partial charge is 0.264 e. The maximum absolute atomic E-state index is 13.6. The Bertz CT molecular complexity index is 945. The van der Waals surface area contributed by atoms with Gasteiger partial charge < -0.3 is 0 Å². The minimum atomic E-state index is -3.66. The van der Waals surface area contributed by atoms with Crippen LogP contribution in [0.25, 0.3) is 0 Å². The monoisotopic (exact) mass is 401 g/mol. The Kier molecular flexibility index (Phi) is 5.73. The third kappa shape index (κ3) is 3.94. The third-order valence-electron chi connectivity index (χ3n) is 4.79. The van der Waals surface area contributed by atoms with Crippen LogP contribution in [0.5, 0.6) is 0 Å². The van der Waals surface area contributed by atoms with Gasteiger partial charge in [-0.25, -0.2) is 8.42 Å². The van der Waals surface area contributed by atoms with Gasteiger partial charge in [0.25, 0.3) is 10.0 Å². The standard InChI is InChI=1S/C22H27NO2S2/c1-15(2)21-14-23(27(24,25)18-12-10-17(5)11-13-18)22(16(3)4)19-8-6-7-9-20(19)26-21/h6-16,22H,1-5H3/t22-/m1/s1. The summed E-state index contributed by atoms with van der Waals surface area (Å²) in [5.74, 6) is 0.374. The number of rotatable bonds is 4. The Hall–Kier alpha value is -1.72. The molecule has 0 radical (unpaired) electrons. The first-order valence-electron chi connectivity index (χ1n) is 9.30. The second kappa shape index (κ2) is 7.72. The molecule has 1 aliphatic rings. The van der Waals surface area contributed by atoms with E-state index in [1.807, 2.05) is 37.4 Å². The van der Waals surface area contributed by atoms with Crippen LogP contribution in [0.4, 0.5) is 0 Å². The molecule has 2 aromatic rings. The van der Waals surface area contributed by atoms with Crippen molar-refractivity contribution < 1.29 is 8.42 Å². The van der Waals surface area contributed by atoms with Gasteiger partial charge in [0.1, 0.15) is 0 Å². The van der Waals surface area contributed by atoms with Gasteiger partial charge in [0.2, 0.25) is 0 Å². The van der Waals surface area contributed by atoms with Gasteiger partial charge in [-0.3, -0.25) is 4.31 Å². The molecule has 3 rings (SSSR count). The van der Waals surface area contributed by atoms with Crippen LogP contribution < -0.4 is 0 Å².